The molecule has 0 radical (unpaired) electrons. The minimum absolute atomic E-state index is 0.0206. The highest BCUT2D eigenvalue weighted by Crippen LogP contribution is 2.13. The summed E-state index contributed by atoms with van der Waals surface area (Å²) in [5.41, 5.74) is 2.08. The van der Waals surface area contributed by atoms with Crippen molar-refractivity contribution in [3.8, 4) is 0 Å². The summed E-state index contributed by atoms with van der Waals surface area (Å²) in [7, 11) is 0. The second-order valence-electron chi connectivity index (χ2n) is 3.86. The van der Waals surface area contributed by atoms with Crippen molar-refractivity contribution in [3.63, 3.8) is 0 Å². The average Bonchev–Trinajstić information content (AvgIpc) is 2.28. The van der Waals surface area contributed by atoms with Crippen molar-refractivity contribution >= 4 is 11.7 Å². The van der Waals surface area contributed by atoms with Gasteiger partial charge in [0.05, 0.1) is 19.1 Å². The van der Waals surface area contributed by atoms with E-state index >= 15 is 0 Å². The van der Waals surface area contributed by atoms with Gasteiger partial charge in [-0.3, -0.25) is 4.79 Å². The number of hydrogen-bond donors (Lipinski definition) is 2. The Bertz CT molecular complexity index is 365. The van der Waals surface area contributed by atoms with Crippen LogP contribution in [0.4, 0.5) is 5.69 Å². The van der Waals surface area contributed by atoms with Crippen molar-refractivity contribution < 1.29 is 14.6 Å². The third-order valence-corrected chi connectivity index (χ3v) is 2.38. The van der Waals surface area contributed by atoms with Crippen molar-refractivity contribution in [2.75, 3.05) is 18.5 Å². The highest BCUT2D eigenvalue weighted by molar-refractivity contribution is 5.70. The number of carbonyl (C=O) groups is 1. The summed E-state index contributed by atoms with van der Waals surface area (Å²) in [6.07, 6.45) is -0.708. The quantitative estimate of drug-likeness (QED) is 0.740. The van der Waals surface area contributed by atoms with Gasteiger partial charge >= 0.3 is 5.97 Å². The lowest BCUT2D eigenvalue weighted by Gasteiger charge is -2.13. The number of ether oxygens (including phenoxy) is 1. The maximum Gasteiger partial charge on any atom is 0.308 e. The van der Waals surface area contributed by atoms with Crippen LogP contribution >= 0.6 is 0 Å². The Hall–Kier alpha value is -1.55. The maximum absolute atomic E-state index is 11.1. The molecule has 0 amide bonds. The topological polar surface area (TPSA) is 58.6 Å². The molecule has 1 rings (SSSR count). The largest absolute Gasteiger partial charge is 0.466 e. The van der Waals surface area contributed by atoms with Gasteiger partial charge in [0.1, 0.15) is 0 Å². The Labute approximate surface area is 102 Å². The molecule has 4 heteroatoms. The first kappa shape index (κ1) is 13.5. The van der Waals surface area contributed by atoms with Gasteiger partial charge in [0.15, 0.2) is 0 Å². The van der Waals surface area contributed by atoms with Gasteiger partial charge in [0.2, 0.25) is 0 Å². The molecule has 1 atom stereocenters. The van der Waals surface area contributed by atoms with Crippen LogP contribution in [0.25, 0.3) is 0 Å². The van der Waals surface area contributed by atoms with Gasteiger partial charge in [0, 0.05) is 12.2 Å². The summed E-state index contributed by atoms with van der Waals surface area (Å²) in [5.74, 6) is -0.369. The van der Waals surface area contributed by atoms with Crippen LogP contribution in [0.5, 0.6) is 0 Å². The van der Waals surface area contributed by atoms with Crippen LogP contribution in [-0.2, 0) is 9.53 Å². The van der Waals surface area contributed by atoms with E-state index in [9.17, 15) is 9.90 Å². The summed E-state index contributed by atoms with van der Waals surface area (Å²) < 4.78 is 4.76. The van der Waals surface area contributed by atoms with E-state index in [0.717, 1.165) is 11.3 Å². The SMILES string of the molecule is CCOC(=O)CC(O)CNc1ccccc1C. The number of anilines is 1. The molecule has 0 saturated heterocycles. The van der Waals surface area contributed by atoms with Crippen LogP contribution in [0.3, 0.4) is 0 Å². The summed E-state index contributed by atoms with van der Waals surface area (Å²) >= 11 is 0. The fourth-order valence-corrected chi connectivity index (χ4v) is 1.48. The van der Waals surface area contributed by atoms with Gasteiger partial charge < -0.3 is 15.2 Å². The van der Waals surface area contributed by atoms with E-state index in [1.54, 1.807) is 6.92 Å². The van der Waals surface area contributed by atoms with E-state index in [4.69, 9.17) is 4.74 Å². The molecule has 0 fully saturated rings. The number of benzene rings is 1. The summed E-state index contributed by atoms with van der Waals surface area (Å²) in [6, 6.07) is 7.80. The number of nitrogens with one attached hydrogen (secondary N) is 1. The van der Waals surface area contributed by atoms with Gasteiger partial charge in [-0.1, -0.05) is 18.2 Å². The van der Waals surface area contributed by atoms with E-state index in [1.165, 1.54) is 0 Å². The molecule has 17 heavy (non-hydrogen) atoms. The van der Waals surface area contributed by atoms with Crippen LogP contribution in [0, 0.1) is 6.92 Å². The lowest BCUT2D eigenvalue weighted by atomic mass is 10.2. The van der Waals surface area contributed by atoms with E-state index in [1.807, 2.05) is 31.2 Å². The molecule has 0 heterocycles. The molecule has 1 aromatic carbocycles. The lowest BCUT2D eigenvalue weighted by molar-refractivity contribution is -0.145. The van der Waals surface area contributed by atoms with Crippen molar-refractivity contribution in [1.29, 1.82) is 0 Å². The number of aliphatic hydroxyl groups excluding tert-OH is 1. The Kier molecular flexibility index (Phi) is 5.49. The van der Waals surface area contributed by atoms with Crippen molar-refractivity contribution in [2.45, 2.75) is 26.4 Å². The van der Waals surface area contributed by atoms with Crippen LogP contribution in [0.1, 0.15) is 18.9 Å². The Morgan fingerprint density at radius 1 is 1.47 bits per heavy atom. The van der Waals surface area contributed by atoms with Crippen molar-refractivity contribution in [2.24, 2.45) is 0 Å². The fraction of sp³-hybridized carbons (Fsp3) is 0.462. The molecule has 0 spiro atoms. The lowest BCUT2D eigenvalue weighted by Crippen LogP contribution is -2.24. The second-order valence-corrected chi connectivity index (χ2v) is 3.86. The maximum atomic E-state index is 11.1. The summed E-state index contributed by atoms with van der Waals surface area (Å²) in [5, 5.41) is 12.7. The zero-order chi connectivity index (χ0) is 12.7. The normalized spacial score (nSPS) is 11.9. The molecule has 0 bridgehead atoms. The smallest absolute Gasteiger partial charge is 0.308 e. The van der Waals surface area contributed by atoms with Crippen molar-refractivity contribution in [3.05, 3.63) is 29.8 Å². The van der Waals surface area contributed by atoms with E-state index in [2.05, 4.69) is 5.32 Å². The molecule has 1 aromatic rings. The van der Waals surface area contributed by atoms with Crippen molar-refractivity contribution in [1.82, 2.24) is 0 Å². The van der Waals surface area contributed by atoms with Gasteiger partial charge in [-0.05, 0) is 25.5 Å². The minimum Gasteiger partial charge on any atom is -0.466 e. The first-order valence-electron chi connectivity index (χ1n) is 5.76. The third-order valence-electron chi connectivity index (χ3n) is 2.38. The highest BCUT2D eigenvalue weighted by Gasteiger charge is 2.11. The number of rotatable bonds is 6. The first-order chi connectivity index (χ1) is 8.13. The number of esters is 1. The van der Waals surface area contributed by atoms with E-state index in [-0.39, 0.29) is 12.4 Å². The second kappa shape index (κ2) is 6.91. The Morgan fingerprint density at radius 3 is 2.82 bits per heavy atom. The Morgan fingerprint density at radius 2 is 2.18 bits per heavy atom. The first-order valence-corrected chi connectivity index (χ1v) is 5.76. The molecule has 2 N–H and O–H groups in total. The van der Waals surface area contributed by atoms with Gasteiger partial charge in [-0.15, -0.1) is 0 Å². The zero-order valence-electron chi connectivity index (χ0n) is 10.3. The number of hydrogen-bond acceptors (Lipinski definition) is 4. The van der Waals surface area contributed by atoms with Gasteiger partial charge in [-0.25, -0.2) is 0 Å². The third kappa shape index (κ3) is 4.87. The molecule has 0 aliphatic carbocycles. The minimum atomic E-state index is -0.728. The molecule has 1 unspecified atom stereocenters. The van der Waals surface area contributed by atoms with E-state index < -0.39 is 6.10 Å². The molecular weight excluding hydrogens is 218 g/mol. The summed E-state index contributed by atoms with van der Waals surface area (Å²) in [6.45, 7) is 4.41. The monoisotopic (exact) mass is 237 g/mol. The van der Waals surface area contributed by atoms with Crippen LogP contribution < -0.4 is 5.32 Å². The molecule has 0 aromatic heterocycles. The van der Waals surface area contributed by atoms with Gasteiger partial charge in [-0.2, -0.15) is 0 Å². The number of para-hydroxylation sites is 1. The van der Waals surface area contributed by atoms with Crippen LogP contribution in [0.15, 0.2) is 24.3 Å². The van der Waals surface area contributed by atoms with Crippen LogP contribution in [0.2, 0.25) is 0 Å². The zero-order valence-corrected chi connectivity index (χ0v) is 10.3. The molecule has 0 saturated carbocycles. The molecule has 0 aliphatic heterocycles. The average molecular weight is 237 g/mol. The molecule has 4 nitrogen and oxygen atoms in total. The predicted molar refractivity (Wildman–Crippen MR) is 66.9 cm³/mol. The fourth-order valence-electron chi connectivity index (χ4n) is 1.48. The molecule has 94 valence electrons. The molecular formula is C13H19NO3. The Balaban J connectivity index is 2.35. The van der Waals surface area contributed by atoms with Crippen LogP contribution in [-0.4, -0.2) is 30.3 Å². The summed E-state index contributed by atoms with van der Waals surface area (Å²) in [4.78, 5) is 11.1. The van der Waals surface area contributed by atoms with Gasteiger partial charge in [0.25, 0.3) is 0 Å². The number of carbonyl (C=O) groups excluding carboxylic acids is 1. The molecule has 0 aliphatic rings. The van der Waals surface area contributed by atoms with E-state index in [0.29, 0.717) is 13.2 Å². The highest BCUT2D eigenvalue weighted by atomic mass is 16.5. The predicted octanol–water partition coefficient (Wildman–Crippen LogP) is 1.72. The standard InChI is InChI=1S/C13H19NO3/c1-3-17-13(16)8-11(15)9-14-12-7-5-4-6-10(12)2/h4-7,11,14-15H,3,8-9H2,1-2H3. The number of aryl methyl sites for hydroxylation is 1. The number of aliphatic hydroxyl groups is 1.